The number of hydrogen-bond acceptors (Lipinski definition) is 6. The summed E-state index contributed by atoms with van der Waals surface area (Å²) in [7, 11) is 1.62. The predicted molar refractivity (Wildman–Crippen MR) is 103 cm³/mol. The van der Waals surface area contributed by atoms with Crippen LogP contribution in [0.4, 0.5) is 11.5 Å². The molecule has 0 unspecified atom stereocenters. The summed E-state index contributed by atoms with van der Waals surface area (Å²) in [5.41, 5.74) is 3.45. The van der Waals surface area contributed by atoms with Gasteiger partial charge in [0.15, 0.2) is 5.82 Å². The van der Waals surface area contributed by atoms with Crippen molar-refractivity contribution in [3.05, 3.63) is 66.1 Å². The standard InChI is InChI=1S/C20H19N5O2/c1-13-11-19(25(23-13)15-7-5-4-6-8-15)22-18-10-9-16(26-3)12-17(18)20-21-14(2)24-27-20/h4-12,22H,1-3H3. The third kappa shape index (κ3) is 3.39. The van der Waals surface area contributed by atoms with Crippen LogP contribution in [0.15, 0.2) is 59.1 Å². The molecule has 2 aromatic carbocycles. The van der Waals surface area contributed by atoms with Crippen molar-refractivity contribution in [2.24, 2.45) is 0 Å². The Morgan fingerprint density at radius 1 is 1.04 bits per heavy atom. The molecule has 7 nitrogen and oxygen atoms in total. The van der Waals surface area contributed by atoms with Crippen LogP contribution in [-0.2, 0) is 0 Å². The molecule has 0 radical (unpaired) electrons. The monoisotopic (exact) mass is 361 g/mol. The molecule has 0 amide bonds. The highest BCUT2D eigenvalue weighted by Gasteiger charge is 2.16. The number of aromatic nitrogens is 4. The zero-order valence-corrected chi connectivity index (χ0v) is 15.3. The molecule has 0 spiro atoms. The van der Waals surface area contributed by atoms with Gasteiger partial charge < -0.3 is 14.6 Å². The number of para-hydroxylation sites is 1. The average molecular weight is 361 g/mol. The van der Waals surface area contributed by atoms with Gasteiger partial charge in [0.2, 0.25) is 0 Å². The minimum absolute atomic E-state index is 0.427. The second kappa shape index (κ2) is 6.95. The fourth-order valence-electron chi connectivity index (χ4n) is 2.84. The lowest BCUT2D eigenvalue weighted by molar-refractivity contribution is 0.412. The van der Waals surface area contributed by atoms with Crippen LogP contribution < -0.4 is 10.1 Å². The predicted octanol–water partition coefficient (Wildman–Crippen LogP) is 4.29. The van der Waals surface area contributed by atoms with Gasteiger partial charge in [-0.05, 0) is 44.2 Å². The van der Waals surface area contributed by atoms with E-state index in [1.54, 1.807) is 14.0 Å². The molecule has 0 aliphatic carbocycles. The highest BCUT2D eigenvalue weighted by atomic mass is 16.5. The maximum absolute atomic E-state index is 5.37. The highest BCUT2D eigenvalue weighted by Crippen LogP contribution is 2.33. The summed E-state index contributed by atoms with van der Waals surface area (Å²) in [5.74, 6) is 2.54. The number of aryl methyl sites for hydroxylation is 2. The quantitative estimate of drug-likeness (QED) is 0.571. The number of rotatable bonds is 5. The summed E-state index contributed by atoms with van der Waals surface area (Å²) in [6.45, 7) is 3.75. The Kier molecular flexibility index (Phi) is 4.33. The fraction of sp³-hybridized carbons (Fsp3) is 0.150. The minimum Gasteiger partial charge on any atom is -0.497 e. The second-order valence-corrected chi connectivity index (χ2v) is 6.10. The van der Waals surface area contributed by atoms with E-state index in [0.717, 1.165) is 28.5 Å². The van der Waals surface area contributed by atoms with E-state index in [4.69, 9.17) is 9.26 Å². The lowest BCUT2D eigenvalue weighted by Crippen LogP contribution is -2.03. The topological polar surface area (TPSA) is 78.0 Å². The van der Waals surface area contributed by atoms with Gasteiger partial charge >= 0.3 is 0 Å². The van der Waals surface area contributed by atoms with E-state index >= 15 is 0 Å². The van der Waals surface area contributed by atoms with Crippen LogP contribution in [0.2, 0.25) is 0 Å². The van der Waals surface area contributed by atoms with Crippen LogP contribution in [-0.4, -0.2) is 27.0 Å². The van der Waals surface area contributed by atoms with Crippen LogP contribution in [0.25, 0.3) is 17.1 Å². The van der Waals surface area contributed by atoms with Gasteiger partial charge in [-0.1, -0.05) is 23.4 Å². The van der Waals surface area contributed by atoms with Gasteiger partial charge in [-0.3, -0.25) is 0 Å². The molecule has 7 heteroatoms. The number of methoxy groups -OCH3 is 1. The fourth-order valence-corrected chi connectivity index (χ4v) is 2.84. The van der Waals surface area contributed by atoms with Gasteiger partial charge in [0, 0.05) is 6.07 Å². The van der Waals surface area contributed by atoms with E-state index in [-0.39, 0.29) is 0 Å². The van der Waals surface area contributed by atoms with Gasteiger partial charge in [0.05, 0.1) is 29.7 Å². The Labute approximate surface area is 156 Å². The van der Waals surface area contributed by atoms with Crippen molar-refractivity contribution in [1.29, 1.82) is 0 Å². The molecule has 0 atom stereocenters. The zero-order chi connectivity index (χ0) is 18.8. The summed E-state index contributed by atoms with van der Waals surface area (Å²) in [5, 5.41) is 11.9. The molecule has 2 heterocycles. The number of benzene rings is 2. The smallest absolute Gasteiger partial charge is 0.260 e. The molecule has 4 rings (SSSR count). The lowest BCUT2D eigenvalue weighted by Gasteiger charge is -2.13. The molecule has 27 heavy (non-hydrogen) atoms. The Bertz CT molecular complexity index is 1070. The van der Waals surface area contributed by atoms with Gasteiger partial charge in [-0.25, -0.2) is 4.68 Å². The summed E-state index contributed by atoms with van der Waals surface area (Å²) in [4.78, 5) is 4.35. The maximum atomic E-state index is 5.37. The van der Waals surface area contributed by atoms with Crippen molar-refractivity contribution in [2.75, 3.05) is 12.4 Å². The first kappa shape index (κ1) is 16.8. The highest BCUT2D eigenvalue weighted by molar-refractivity contribution is 5.78. The molecule has 0 fully saturated rings. The molecule has 2 aromatic heterocycles. The first-order chi connectivity index (χ1) is 13.1. The third-order valence-electron chi connectivity index (χ3n) is 4.08. The Morgan fingerprint density at radius 3 is 2.56 bits per heavy atom. The van der Waals surface area contributed by atoms with E-state index in [1.807, 2.05) is 66.2 Å². The number of ether oxygens (including phenoxy) is 1. The minimum atomic E-state index is 0.427. The van der Waals surface area contributed by atoms with Crippen LogP contribution >= 0.6 is 0 Å². The molecule has 136 valence electrons. The molecule has 1 N–H and O–H groups in total. The van der Waals surface area contributed by atoms with Crippen LogP contribution in [0.1, 0.15) is 11.5 Å². The Morgan fingerprint density at radius 2 is 1.85 bits per heavy atom. The number of hydrogen-bond donors (Lipinski definition) is 1. The average Bonchev–Trinajstić information content (AvgIpc) is 3.28. The molecular weight excluding hydrogens is 342 g/mol. The van der Waals surface area contributed by atoms with E-state index in [0.29, 0.717) is 17.5 Å². The van der Waals surface area contributed by atoms with E-state index in [1.165, 1.54) is 0 Å². The summed E-state index contributed by atoms with van der Waals surface area (Å²) >= 11 is 0. The van der Waals surface area contributed by atoms with Crippen molar-refractivity contribution in [2.45, 2.75) is 13.8 Å². The molecular formula is C20H19N5O2. The molecule has 0 aliphatic heterocycles. The zero-order valence-electron chi connectivity index (χ0n) is 15.3. The normalized spacial score (nSPS) is 10.8. The van der Waals surface area contributed by atoms with E-state index < -0.39 is 0 Å². The molecule has 4 aromatic rings. The first-order valence-corrected chi connectivity index (χ1v) is 8.52. The van der Waals surface area contributed by atoms with E-state index in [2.05, 4.69) is 20.6 Å². The molecule has 0 saturated carbocycles. The second-order valence-electron chi connectivity index (χ2n) is 6.10. The largest absolute Gasteiger partial charge is 0.497 e. The Hall–Kier alpha value is -3.61. The molecule has 0 bridgehead atoms. The van der Waals surface area contributed by atoms with Gasteiger partial charge in [-0.15, -0.1) is 0 Å². The van der Waals surface area contributed by atoms with Crippen LogP contribution in [0.3, 0.4) is 0 Å². The number of anilines is 2. The first-order valence-electron chi connectivity index (χ1n) is 8.52. The van der Waals surface area contributed by atoms with Gasteiger partial charge in [-0.2, -0.15) is 10.1 Å². The summed E-state index contributed by atoms with van der Waals surface area (Å²) in [6.07, 6.45) is 0. The van der Waals surface area contributed by atoms with Crippen molar-refractivity contribution in [1.82, 2.24) is 19.9 Å². The summed E-state index contributed by atoms with van der Waals surface area (Å²) < 4.78 is 12.6. The summed E-state index contributed by atoms with van der Waals surface area (Å²) in [6, 6.07) is 17.6. The van der Waals surface area contributed by atoms with Crippen LogP contribution in [0.5, 0.6) is 5.75 Å². The van der Waals surface area contributed by atoms with Gasteiger partial charge in [0.1, 0.15) is 11.6 Å². The van der Waals surface area contributed by atoms with Crippen molar-refractivity contribution < 1.29 is 9.26 Å². The number of nitrogens with zero attached hydrogens (tertiary/aromatic N) is 4. The number of nitrogens with one attached hydrogen (secondary N) is 1. The van der Waals surface area contributed by atoms with Crippen molar-refractivity contribution in [3.8, 4) is 22.9 Å². The van der Waals surface area contributed by atoms with Crippen molar-refractivity contribution >= 4 is 11.5 Å². The maximum Gasteiger partial charge on any atom is 0.260 e. The van der Waals surface area contributed by atoms with Crippen molar-refractivity contribution in [3.63, 3.8) is 0 Å². The van der Waals surface area contributed by atoms with E-state index in [9.17, 15) is 0 Å². The molecule has 0 saturated heterocycles. The lowest BCUT2D eigenvalue weighted by atomic mass is 10.1. The Balaban J connectivity index is 1.78. The van der Waals surface area contributed by atoms with Crippen LogP contribution in [0, 0.1) is 13.8 Å². The van der Waals surface area contributed by atoms with Gasteiger partial charge in [0.25, 0.3) is 5.89 Å². The molecule has 0 aliphatic rings. The third-order valence-corrected chi connectivity index (χ3v) is 4.08. The SMILES string of the molecule is COc1ccc(Nc2cc(C)nn2-c2ccccc2)c(-c2nc(C)no2)c1.